The predicted octanol–water partition coefficient (Wildman–Crippen LogP) is 1.16. The van der Waals surface area contributed by atoms with Crippen molar-refractivity contribution in [3.05, 3.63) is 34.3 Å². The minimum absolute atomic E-state index is 0.00406. The fourth-order valence-electron chi connectivity index (χ4n) is 2.36. The van der Waals surface area contributed by atoms with Crippen LogP contribution in [-0.4, -0.2) is 41.5 Å². The Balaban J connectivity index is 2.04. The van der Waals surface area contributed by atoms with Gasteiger partial charge in [-0.25, -0.2) is 9.59 Å². The number of H-pyrrole nitrogens is 1. The summed E-state index contributed by atoms with van der Waals surface area (Å²) in [6.07, 6.45) is 0. The van der Waals surface area contributed by atoms with Crippen LogP contribution in [0.3, 0.4) is 0 Å². The summed E-state index contributed by atoms with van der Waals surface area (Å²) < 4.78 is 5.03. The number of likely N-dealkylation sites (N-methyl/N-ethyl adjacent to an activating group) is 2. The van der Waals surface area contributed by atoms with Gasteiger partial charge in [-0.15, -0.1) is 0 Å². The maximum atomic E-state index is 11.7. The van der Waals surface area contributed by atoms with Gasteiger partial charge in [-0.2, -0.15) is 0 Å². The Bertz CT molecular complexity index is 673. The van der Waals surface area contributed by atoms with Crippen LogP contribution in [0.4, 0.5) is 4.79 Å². The van der Waals surface area contributed by atoms with E-state index in [2.05, 4.69) is 4.98 Å². The highest BCUT2D eigenvalue weighted by molar-refractivity contribution is 5.78. The molecule has 2 heterocycles. The summed E-state index contributed by atoms with van der Waals surface area (Å²) in [5.41, 5.74) is 2.16. The Morgan fingerprint density at radius 2 is 2.11 bits per heavy atom. The van der Waals surface area contributed by atoms with Gasteiger partial charge in [0, 0.05) is 20.6 Å². The molecule has 0 radical (unpaired) electrons. The zero-order valence-electron chi connectivity index (χ0n) is 10.1. The summed E-state index contributed by atoms with van der Waals surface area (Å²) in [7, 11) is 3.54. The Morgan fingerprint density at radius 3 is 2.78 bits per heavy atom. The van der Waals surface area contributed by atoms with Gasteiger partial charge < -0.3 is 14.2 Å². The highest BCUT2D eigenvalue weighted by Gasteiger charge is 2.33. The van der Waals surface area contributed by atoms with E-state index < -0.39 is 5.76 Å². The molecule has 0 bridgehead atoms. The van der Waals surface area contributed by atoms with Crippen LogP contribution in [-0.2, 0) is 0 Å². The molecule has 6 heteroatoms. The maximum absolute atomic E-state index is 11.7. The first kappa shape index (κ1) is 10.9. The minimum atomic E-state index is -0.463. The van der Waals surface area contributed by atoms with E-state index in [9.17, 15) is 9.59 Å². The van der Waals surface area contributed by atoms with Gasteiger partial charge >= 0.3 is 11.8 Å². The topological polar surface area (TPSA) is 69.6 Å². The lowest BCUT2D eigenvalue weighted by Gasteiger charge is -2.17. The van der Waals surface area contributed by atoms with E-state index in [1.54, 1.807) is 36.0 Å². The molecule has 1 saturated heterocycles. The molecule has 0 spiro atoms. The van der Waals surface area contributed by atoms with E-state index in [1.165, 1.54) is 0 Å². The minimum Gasteiger partial charge on any atom is -0.408 e. The number of amides is 2. The summed E-state index contributed by atoms with van der Waals surface area (Å²) in [5, 5.41) is 0. The van der Waals surface area contributed by atoms with Crippen LogP contribution in [0.5, 0.6) is 0 Å². The molecular formula is C12H13N3O3. The second-order valence-electron chi connectivity index (χ2n) is 4.56. The summed E-state index contributed by atoms with van der Waals surface area (Å²) in [6.45, 7) is 0.634. The fourth-order valence-corrected chi connectivity index (χ4v) is 2.36. The van der Waals surface area contributed by atoms with Crippen LogP contribution in [0.15, 0.2) is 27.4 Å². The first-order chi connectivity index (χ1) is 8.56. The van der Waals surface area contributed by atoms with Gasteiger partial charge in [0.15, 0.2) is 5.58 Å². The van der Waals surface area contributed by atoms with Crippen molar-refractivity contribution in [1.82, 2.24) is 14.8 Å². The molecule has 0 saturated carbocycles. The maximum Gasteiger partial charge on any atom is 0.417 e. The molecule has 1 aromatic carbocycles. The molecule has 0 aliphatic carbocycles. The van der Waals surface area contributed by atoms with Crippen molar-refractivity contribution < 1.29 is 9.21 Å². The van der Waals surface area contributed by atoms with E-state index in [0.717, 1.165) is 5.56 Å². The Hall–Kier alpha value is -2.24. The van der Waals surface area contributed by atoms with E-state index in [4.69, 9.17) is 4.42 Å². The normalized spacial score (nSPS) is 20.1. The van der Waals surface area contributed by atoms with Crippen molar-refractivity contribution in [2.45, 2.75) is 6.04 Å². The van der Waals surface area contributed by atoms with Crippen LogP contribution in [0.25, 0.3) is 11.1 Å². The molecule has 18 heavy (non-hydrogen) atoms. The lowest BCUT2D eigenvalue weighted by Crippen LogP contribution is -2.26. The molecule has 1 aliphatic rings. The SMILES string of the molecule is CN1CC(c2ccc3[nH]c(=O)oc3c2)N(C)C1=O. The lowest BCUT2D eigenvalue weighted by atomic mass is 10.1. The predicted molar refractivity (Wildman–Crippen MR) is 65.4 cm³/mol. The van der Waals surface area contributed by atoms with E-state index in [1.807, 2.05) is 6.07 Å². The van der Waals surface area contributed by atoms with Gasteiger partial charge in [0.1, 0.15) is 0 Å². The number of fused-ring (bicyclic) bond motifs is 1. The van der Waals surface area contributed by atoms with Crippen molar-refractivity contribution in [1.29, 1.82) is 0 Å². The number of oxazole rings is 1. The first-order valence-electron chi connectivity index (χ1n) is 5.67. The van der Waals surface area contributed by atoms with E-state index >= 15 is 0 Å². The number of nitrogens with zero attached hydrogens (tertiary/aromatic N) is 2. The van der Waals surface area contributed by atoms with Gasteiger partial charge in [0.05, 0.1) is 11.6 Å². The van der Waals surface area contributed by atoms with Gasteiger partial charge in [-0.3, -0.25) is 4.98 Å². The number of carbonyl (C=O) groups is 1. The fraction of sp³-hybridized carbons (Fsp3) is 0.333. The average molecular weight is 247 g/mol. The number of urea groups is 1. The molecule has 1 fully saturated rings. The van der Waals surface area contributed by atoms with Crippen molar-refractivity contribution in [3.63, 3.8) is 0 Å². The number of hydrogen-bond acceptors (Lipinski definition) is 3. The van der Waals surface area contributed by atoms with Gasteiger partial charge in [-0.05, 0) is 17.7 Å². The monoisotopic (exact) mass is 247 g/mol. The molecule has 1 unspecified atom stereocenters. The molecule has 94 valence electrons. The van der Waals surface area contributed by atoms with Gasteiger partial charge in [0.25, 0.3) is 0 Å². The van der Waals surface area contributed by atoms with Crippen LogP contribution in [0.1, 0.15) is 11.6 Å². The molecule has 2 amide bonds. The lowest BCUT2D eigenvalue weighted by molar-refractivity contribution is 0.201. The molecule has 1 aliphatic heterocycles. The number of benzene rings is 1. The molecule has 2 aromatic rings. The van der Waals surface area contributed by atoms with Gasteiger partial charge in [0.2, 0.25) is 0 Å². The third kappa shape index (κ3) is 1.49. The molecule has 1 N–H and O–H groups in total. The van der Waals surface area contributed by atoms with Crippen molar-refractivity contribution in [3.8, 4) is 0 Å². The number of hydrogen-bond donors (Lipinski definition) is 1. The van der Waals surface area contributed by atoms with E-state index in [-0.39, 0.29) is 12.1 Å². The third-order valence-electron chi connectivity index (χ3n) is 3.37. The van der Waals surface area contributed by atoms with Crippen LogP contribution in [0, 0.1) is 0 Å². The van der Waals surface area contributed by atoms with Crippen LogP contribution in [0.2, 0.25) is 0 Å². The van der Waals surface area contributed by atoms with E-state index in [0.29, 0.717) is 17.6 Å². The highest BCUT2D eigenvalue weighted by atomic mass is 16.4. The smallest absolute Gasteiger partial charge is 0.408 e. The summed E-state index contributed by atoms with van der Waals surface area (Å²) in [6, 6.07) is 5.50. The zero-order valence-corrected chi connectivity index (χ0v) is 10.1. The largest absolute Gasteiger partial charge is 0.417 e. The third-order valence-corrected chi connectivity index (χ3v) is 3.37. The Morgan fingerprint density at radius 1 is 1.33 bits per heavy atom. The molecular weight excluding hydrogens is 234 g/mol. The van der Waals surface area contributed by atoms with Crippen molar-refractivity contribution in [2.75, 3.05) is 20.6 Å². The van der Waals surface area contributed by atoms with Crippen LogP contribution < -0.4 is 5.76 Å². The van der Waals surface area contributed by atoms with Crippen molar-refractivity contribution in [2.24, 2.45) is 0 Å². The number of rotatable bonds is 1. The van der Waals surface area contributed by atoms with Gasteiger partial charge in [-0.1, -0.05) is 6.07 Å². The first-order valence-corrected chi connectivity index (χ1v) is 5.67. The number of nitrogens with one attached hydrogen (secondary N) is 1. The molecule has 1 atom stereocenters. The molecule has 1 aromatic heterocycles. The summed E-state index contributed by atoms with van der Waals surface area (Å²) in [4.78, 5) is 28.8. The summed E-state index contributed by atoms with van der Waals surface area (Å²) in [5.74, 6) is -0.463. The number of carbonyl (C=O) groups excluding carboxylic acids is 1. The quantitative estimate of drug-likeness (QED) is 0.822. The Kier molecular flexibility index (Phi) is 2.19. The van der Waals surface area contributed by atoms with Crippen LogP contribution >= 0.6 is 0 Å². The molecule has 6 nitrogen and oxygen atoms in total. The van der Waals surface area contributed by atoms with Crippen molar-refractivity contribution >= 4 is 17.1 Å². The average Bonchev–Trinajstić information content (AvgIpc) is 2.82. The standard InChI is InChI=1S/C12H13N3O3/c1-14-6-9(15(2)12(14)17)7-3-4-8-10(5-7)18-11(16)13-8/h3-5,9H,6H2,1-2H3,(H,13,16). The second kappa shape index (κ2) is 3.63. The highest BCUT2D eigenvalue weighted by Crippen LogP contribution is 2.28. The molecule has 3 rings (SSSR count). The Labute approximate surface area is 103 Å². The zero-order chi connectivity index (χ0) is 12.9. The second-order valence-corrected chi connectivity index (χ2v) is 4.56. The number of aromatic nitrogens is 1. The number of aromatic amines is 1. The summed E-state index contributed by atoms with van der Waals surface area (Å²) >= 11 is 0.